The first-order valence-electron chi connectivity index (χ1n) is 6.85. The Labute approximate surface area is 124 Å². The van der Waals surface area contributed by atoms with Gasteiger partial charge in [-0.15, -0.1) is 0 Å². The number of halogens is 1. The van der Waals surface area contributed by atoms with Crippen LogP contribution in [0.5, 0.6) is 5.75 Å². The lowest BCUT2D eigenvalue weighted by atomic mass is 9.80. The summed E-state index contributed by atoms with van der Waals surface area (Å²) in [7, 11) is 1.49. The minimum atomic E-state index is -1.62. The first-order chi connectivity index (χ1) is 9.96. The summed E-state index contributed by atoms with van der Waals surface area (Å²) in [5.74, 6) is -0.217. The van der Waals surface area contributed by atoms with Crippen molar-refractivity contribution < 1.29 is 18.7 Å². The third kappa shape index (κ3) is 4.45. The van der Waals surface area contributed by atoms with Crippen LogP contribution in [0.2, 0.25) is 0 Å². The number of carbonyl (C=O) groups is 1. The predicted octanol–water partition coefficient (Wildman–Crippen LogP) is 3.51. The normalized spacial score (nSPS) is 14.6. The van der Waals surface area contributed by atoms with E-state index in [9.17, 15) is 14.4 Å². The number of alkyl halides is 1. The van der Waals surface area contributed by atoms with Crippen molar-refractivity contribution in [1.29, 1.82) is 5.26 Å². The molecule has 0 N–H and O–H groups in total. The molecule has 0 aliphatic carbocycles. The van der Waals surface area contributed by atoms with Crippen molar-refractivity contribution in [3.63, 3.8) is 0 Å². The first-order valence-corrected chi connectivity index (χ1v) is 6.85. The molecule has 0 fully saturated rings. The molecule has 114 valence electrons. The molecule has 0 amide bonds. The predicted molar refractivity (Wildman–Crippen MR) is 76.5 cm³/mol. The molecule has 0 radical (unpaired) electrons. The fourth-order valence-corrected chi connectivity index (χ4v) is 2.05. The Morgan fingerprint density at radius 2 is 2.14 bits per heavy atom. The Balaban J connectivity index is 2.90. The minimum Gasteiger partial charge on any atom is -0.496 e. The van der Waals surface area contributed by atoms with Gasteiger partial charge in [0.05, 0.1) is 25.0 Å². The molecular weight excluding hydrogens is 273 g/mol. The summed E-state index contributed by atoms with van der Waals surface area (Å²) in [6.45, 7) is 3.41. The maximum atomic E-state index is 13.3. The number of ether oxygens (including phenoxy) is 2. The number of hydrogen-bond acceptors (Lipinski definition) is 4. The molecule has 2 atom stereocenters. The highest BCUT2D eigenvalue weighted by atomic mass is 19.1. The first kappa shape index (κ1) is 17.0. The maximum Gasteiger partial charge on any atom is 0.310 e. The fourth-order valence-electron chi connectivity index (χ4n) is 2.05. The Morgan fingerprint density at radius 1 is 1.48 bits per heavy atom. The van der Waals surface area contributed by atoms with E-state index in [0.717, 1.165) is 0 Å². The van der Waals surface area contributed by atoms with E-state index in [1.807, 2.05) is 0 Å². The molecule has 1 aromatic carbocycles. The van der Waals surface area contributed by atoms with E-state index in [4.69, 9.17) is 4.74 Å². The Kier molecular flexibility index (Phi) is 6.16. The average Bonchev–Trinajstić information content (AvgIpc) is 2.47. The summed E-state index contributed by atoms with van der Waals surface area (Å²) in [5.41, 5.74) is -0.548. The number of nitriles is 1. The summed E-state index contributed by atoms with van der Waals surface area (Å²) >= 11 is 0. The van der Waals surface area contributed by atoms with Crippen molar-refractivity contribution in [3.8, 4) is 11.8 Å². The molecule has 0 heterocycles. The van der Waals surface area contributed by atoms with E-state index in [0.29, 0.717) is 17.7 Å². The lowest BCUT2D eigenvalue weighted by molar-refractivity contribution is -0.159. The standard InChI is InChI=1S/C16H20FNO3/c1-4-7-14(17)21-15(19)10-16(2,11-18)12-8-5-6-9-13(12)20-3/h5-6,8-9,14H,4,7,10H2,1-3H3. The summed E-state index contributed by atoms with van der Waals surface area (Å²) in [6, 6.07) is 9.07. The van der Waals surface area contributed by atoms with Gasteiger partial charge in [-0.05, 0) is 19.4 Å². The topological polar surface area (TPSA) is 59.3 Å². The molecular formula is C16H20FNO3. The zero-order valence-corrected chi connectivity index (χ0v) is 12.6. The van der Waals surface area contributed by atoms with Crippen LogP contribution in [-0.2, 0) is 14.9 Å². The van der Waals surface area contributed by atoms with Gasteiger partial charge in [0.1, 0.15) is 5.75 Å². The lowest BCUT2D eigenvalue weighted by Crippen LogP contribution is -2.27. The molecule has 0 spiro atoms. The average molecular weight is 293 g/mol. The highest BCUT2D eigenvalue weighted by Gasteiger charge is 2.33. The highest BCUT2D eigenvalue weighted by molar-refractivity contribution is 5.73. The van der Waals surface area contributed by atoms with Gasteiger partial charge >= 0.3 is 5.97 Å². The Morgan fingerprint density at radius 3 is 2.71 bits per heavy atom. The lowest BCUT2D eigenvalue weighted by Gasteiger charge is -2.23. The second-order valence-corrected chi connectivity index (χ2v) is 5.01. The van der Waals surface area contributed by atoms with Gasteiger partial charge in [0.2, 0.25) is 6.36 Å². The monoisotopic (exact) mass is 293 g/mol. The smallest absolute Gasteiger partial charge is 0.310 e. The van der Waals surface area contributed by atoms with Crippen molar-refractivity contribution in [1.82, 2.24) is 0 Å². The molecule has 0 aliphatic rings. The second-order valence-electron chi connectivity index (χ2n) is 5.01. The van der Waals surface area contributed by atoms with Crippen LogP contribution in [0.15, 0.2) is 24.3 Å². The maximum absolute atomic E-state index is 13.3. The van der Waals surface area contributed by atoms with Crippen molar-refractivity contribution in [3.05, 3.63) is 29.8 Å². The van der Waals surface area contributed by atoms with Gasteiger partial charge in [-0.2, -0.15) is 5.26 Å². The van der Waals surface area contributed by atoms with Crippen molar-refractivity contribution >= 4 is 5.97 Å². The summed E-state index contributed by atoms with van der Waals surface area (Å²) in [5, 5.41) is 9.44. The summed E-state index contributed by atoms with van der Waals surface area (Å²) in [6.07, 6.45) is -1.11. The van der Waals surface area contributed by atoms with E-state index in [1.165, 1.54) is 7.11 Å². The number of para-hydroxylation sites is 1. The summed E-state index contributed by atoms with van der Waals surface area (Å²) < 4.78 is 23.2. The number of rotatable bonds is 7. The van der Waals surface area contributed by atoms with Gasteiger partial charge in [-0.25, -0.2) is 4.39 Å². The van der Waals surface area contributed by atoms with Gasteiger partial charge in [0, 0.05) is 12.0 Å². The molecule has 5 heteroatoms. The van der Waals surface area contributed by atoms with Crippen molar-refractivity contribution in [2.24, 2.45) is 0 Å². The largest absolute Gasteiger partial charge is 0.496 e. The van der Waals surface area contributed by atoms with Crippen molar-refractivity contribution in [2.75, 3.05) is 7.11 Å². The van der Waals surface area contributed by atoms with E-state index in [-0.39, 0.29) is 12.8 Å². The van der Waals surface area contributed by atoms with E-state index in [2.05, 4.69) is 10.8 Å². The molecule has 2 unspecified atom stereocenters. The van der Waals surface area contributed by atoms with Crippen LogP contribution in [0, 0.1) is 11.3 Å². The molecule has 0 saturated carbocycles. The second kappa shape index (κ2) is 7.63. The number of nitrogens with zero attached hydrogens (tertiary/aromatic N) is 1. The van der Waals surface area contributed by atoms with E-state index < -0.39 is 17.7 Å². The third-order valence-corrected chi connectivity index (χ3v) is 3.22. The van der Waals surface area contributed by atoms with Crippen LogP contribution in [0.25, 0.3) is 0 Å². The zero-order chi connectivity index (χ0) is 15.9. The van der Waals surface area contributed by atoms with Crippen LogP contribution in [0.3, 0.4) is 0 Å². The molecule has 1 aromatic rings. The van der Waals surface area contributed by atoms with Crippen LogP contribution in [-0.4, -0.2) is 19.4 Å². The van der Waals surface area contributed by atoms with Gasteiger partial charge < -0.3 is 9.47 Å². The molecule has 0 aliphatic heterocycles. The molecule has 0 saturated heterocycles. The van der Waals surface area contributed by atoms with Crippen molar-refractivity contribution in [2.45, 2.75) is 44.9 Å². The Bertz CT molecular complexity index is 526. The zero-order valence-electron chi connectivity index (χ0n) is 12.6. The number of carbonyl (C=O) groups excluding carboxylic acids is 1. The van der Waals surface area contributed by atoms with Crippen LogP contribution in [0.1, 0.15) is 38.7 Å². The van der Waals surface area contributed by atoms with Gasteiger partial charge in [-0.1, -0.05) is 25.1 Å². The molecule has 21 heavy (non-hydrogen) atoms. The number of benzene rings is 1. The van der Waals surface area contributed by atoms with Gasteiger partial charge in [0.25, 0.3) is 0 Å². The molecule has 0 aromatic heterocycles. The molecule has 4 nitrogen and oxygen atoms in total. The van der Waals surface area contributed by atoms with Crippen LogP contribution in [0.4, 0.5) is 4.39 Å². The molecule has 0 bridgehead atoms. The number of esters is 1. The van der Waals surface area contributed by atoms with Crippen LogP contribution >= 0.6 is 0 Å². The summed E-state index contributed by atoms with van der Waals surface area (Å²) in [4.78, 5) is 11.8. The number of hydrogen-bond donors (Lipinski definition) is 0. The molecule has 1 rings (SSSR count). The minimum absolute atomic E-state index is 0.156. The van der Waals surface area contributed by atoms with Gasteiger partial charge in [0.15, 0.2) is 0 Å². The quantitative estimate of drug-likeness (QED) is 0.722. The van der Waals surface area contributed by atoms with E-state index >= 15 is 0 Å². The third-order valence-electron chi connectivity index (χ3n) is 3.22. The number of methoxy groups -OCH3 is 1. The van der Waals surface area contributed by atoms with E-state index in [1.54, 1.807) is 38.1 Å². The Hall–Kier alpha value is -2.09. The fraction of sp³-hybridized carbons (Fsp3) is 0.500. The SMILES string of the molecule is CCCC(F)OC(=O)CC(C)(C#N)c1ccccc1OC. The van der Waals surface area contributed by atoms with Gasteiger partial charge in [-0.3, -0.25) is 4.79 Å². The van der Waals surface area contributed by atoms with Crippen LogP contribution < -0.4 is 4.74 Å². The highest BCUT2D eigenvalue weighted by Crippen LogP contribution is 2.34.